The summed E-state index contributed by atoms with van der Waals surface area (Å²) in [5, 5.41) is 3.10. The summed E-state index contributed by atoms with van der Waals surface area (Å²) in [6.45, 7) is 0.721. The average molecular weight is 336 g/mol. The van der Waals surface area contributed by atoms with Gasteiger partial charge < -0.3 is 19.5 Å². The summed E-state index contributed by atoms with van der Waals surface area (Å²) < 4.78 is 15.7. The van der Waals surface area contributed by atoms with Crippen LogP contribution in [0.2, 0.25) is 5.02 Å². The molecule has 2 aromatic carbocycles. The van der Waals surface area contributed by atoms with Gasteiger partial charge in [0.2, 0.25) is 0 Å². The van der Waals surface area contributed by atoms with Crippen LogP contribution in [0.4, 0.5) is 0 Å². The average Bonchev–Trinajstić information content (AvgIpc) is 2.58. The number of carbonyl (C=O) groups excluding carboxylic acids is 1. The van der Waals surface area contributed by atoms with Crippen LogP contribution in [0.25, 0.3) is 0 Å². The zero-order valence-electron chi connectivity index (χ0n) is 13.0. The van der Waals surface area contributed by atoms with Crippen LogP contribution in [-0.2, 0) is 0 Å². The van der Waals surface area contributed by atoms with Crippen molar-refractivity contribution < 1.29 is 19.0 Å². The topological polar surface area (TPSA) is 56.8 Å². The van der Waals surface area contributed by atoms with E-state index in [1.165, 1.54) is 0 Å². The van der Waals surface area contributed by atoms with E-state index < -0.39 is 0 Å². The van der Waals surface area contributed by atoms with E-state index in [4.69, 9.17) is 25.8 Å². The summed E-state index contributed by atoms with van der Waals surface area (Å²) in [6, 6.07) is 12.2. The van der Waals surface area contributed by atoms with Crippen LogP contribution in [0.15, 0.2) is 42.5 Å². The zero-order valence-corrected chi connectivity index (χ0v) is 13.7. The Balaban J connectivity index is 1.80. The van der Waals surface area contributed by atoms with Crippen molar-refractivity contribution in [2.45, 2.75) is 0 Å². The number of hydrogen-bond acceptors (Lipinski definition) is 4. The normalized spacial score (nSPS) is 10.0. The molecule has 0 spiro atoms. The van der Waals surface area contributed by atoms with Gasteiger partial charge in [0.15, 0.2) is 0 Å². The standard InChI is InChI=1S/C17H18ClNO4/c1-21-12-3-5-13(6-4-12)23-10-9-19-17(20)15-8-7-14(22-2)11-16(15)18/h3-8,11H,9-10H2,1-2H3,(H,19,20). The smallest absolute Gasteiger partial charge is 0.252 e. The minimum absolute atomic E-state index is 0.254. The molecule has 2 aromatic rings. The van der Waals surface area contributed by atoms with Gasteiger partial charge in [-0.2, -0.15) is 0 Å². The van der Waals surface area contributed by atoms with Crippen molar-refractivity contribution in [1.82, 2.24) is 5.32 Å². The lowest BCUT2D eigenvalue weighted by Crippen LogP contribution is -2.28. The van der Waals surface area contributed by atoms with E-state index in [2.05, 4.69) is 5.32 Å². The summed E-state index contributed by atoms with van der Waals surface area (Å²) >= 11 is 6.06. The molecule has 0 saturated heterocycles. The Labute approximate surface area is 140 Å². The number of hydrogen-bond donors (Lipinski definition) is 1. The Morgan fingerprint density at radius 2 is 1.61 bits per heavy atom. The van der Waals surface area contributed by atoms with E-state index in [9.17, 15) is 4.79 Å². The molecule has 0 aliphatic rings. The predicted octanol–water partition coefficient (Wildman–Crippen LogP) is 3.17. The molecule has 0 aromatic heterocycles. The van der Waals surface area contributed by atoms with Gasteiger partial charge in [-0.3, -0.25) is 4.79 Å². The molecule has 0 radical (unpaired) electrons. The number of rotatable bonds is 7. The number of benzene rings is 2. The molecule has 122 valence electrons. The lowest BCUT2D eigenvalue weighted by atomic mass is 10.2. The first kappa shape index (κ1) is 17.0. The monoisotopic (exact) mass is 335 g/mol. The first-order chi connectivity index (χ1) is 11.1. The van der Waals surface area contributed by atoms with Gasteiger partial charge >= 0.3 is 0 Å². The van der Waals surface area contributed by atoms with E-state index in [1.807, 2.05) is 12.1 Å². The largest absolute Gasteiger partial charge is 0.497 e. The Hall–Kier alpha value is -2.40. The molecule has 0 aliphatic heterocycles. The van der Waals surface area contributed by atoms with Crippen molar-refractivity contribution >= 4 is 17.5 Å². The molecule has 0 unspecified atom stereocenters. The summed E-state index contributed by atoms with van der Waals surface area (Å²) in [5.41, 5.74) is 0.400. The lowest BCUT2D eigenvalue weighted by molar-refractivity contribution is 0.0947. The van der Waals surface area contributed by atoms with Crippen LogP contribution >= 0.6 is 11.6 Å². The molecular weight excluding hydrogens is 318 g/mol. The fraction of sp³-hybridized carbons (Fsp3) is 0.235. The minimum atomic E-state index is -0.254. The summed E-state index contributed by atoms with van der Waals surface area (Å²) in [7, 11) is 3.15. The molecule has 2 rings (SSSR count). The van der Waals surface area contributed by atoms with Crippen LogP contribution in [0.1, 0.15) is 10.4 Å². The van der Waals surface area contributed by atoms with E-state index in [1.54, 1.807) is 44.6 Å². The van der Waals surface area contributed by atoms with E-state index in [-0.39, 0.29) is 5.91 Å². The third-order valence-electron chi connectivity index (χ3n) is 3.14. The Morgan fingerprint density at radius 3 is 2.22 bits per heavy atom. The van der Waals surface area contributed by atoms with Crippen molar-refractivity contribution in [2.75, 3.05) is 27.4 Å². The Morgan fingerprint density at radius 1 is 1.00 bits per heavy atom. The van der Waals surface area contributed by atoms with Crippen LogP contribution in [0.3, 0.4) is 0 Å². The molecule has 0 heterocycles. The maximum Gasteiger partial charge on any atom is 0.252 e. The molecule has 0 atom stereocenters. The molecule has 1 N–H and O–H groups in total. The second-order valence-corrected chi connectivity index (χ2v) is 5.03. The number of carbonyl (C=O) groups is 1. The van der Waals surface area contributed by atoms with Gasteiger partial charge in [0.05, 0.1) is 31.4 Å². The molecule has 5 nitrogen and oxygen atoms in total. The highest BCUT2D eigenvalue weighted by Crippen LogP contribution is 2.22. The number of nitrogens with one attached hydrogen (secondary N) is 1. The number of ether oxygens (including phenoxy) is 3. The molecule has 0 aliphatic carbocycles. The highest BCUT2D eigenvalue weighted by Gasteiger charge is 2.10. The first-order valence-electron chi connectivity index (χ1n) is 7.02. The lowest BCUT2D eigenvalue weighted by Gasteiger charge is -2.10. The molecule has 6 heteroatoms. The van der Waals surface area contributed by atoms with Crippen LogP contribution in [0, 0.1) is 0 Å². The Kier molecular flexibility index (Phi) is 6.11. The second kappa shape index (κ2) is 8.29. The number of methoxy groups -OCH3 is 2. The first-order valence-corrected chi connectivity index (χ1v) is 7.40. The molecule has 23 heavy (non-hydrogen) atoms. The van der Waals surface area contributed by atoms with Gasteiger partial charge in [0.25, 0.3) is 5.91 Å². The quantitative estimate of drug-likeness (QED) is 0.790. The van der Waals surface area contributed by atoms with Crippen molar-refractivity contribution in [1.29, 1.82) is 0 Å². The highest BCUT2D eigenvalue weighted by atomic mass is 35.5. The van der Waals surface area contributed by atoms with Crippen LogP contribution in [0.5, 0.6) is 17.2 Å². The second-order valence-electron chi connectivity index (χ2n) is 4.63. The van der Waals surface area contributed by atoms with E-state index >= 15 is 0 Å². The van der Waals surface area contributed by atoms with E-state index in [0.717, 1.165) is 5.75 Å². The van der Waals surface area contributed by atoms with Gasteiger partial charge in [0.1, 0.15) is 23.9 Å². The summed E-state index contributed by atoms with van der Waals surface area (Å²) in [6.07, 6.45) is 0. The van der Waals surface area contributed by atoms with Crippen molar-refractivity contribution in [3.63, 3.8) is 0 Å². The van der Waals surface area contributed by atoms with Gasteiger partial charge in [-0.25, -0.2) is 0 Å². The molecule has 0 fully saturated rings. The van der Waals surface area contributed by atoms with E-state index in [0.29, 0.717) is 35.2 Å². The molecule has 1 amide bonds. The van der Waals surface area contributed by atoms with Crippen molar-refractivity contribution in [2.24, 2.45) is 0 Å². The van der Waals surface area contributed by atoms with Crippen molar-refractivity contribution in [3.05, 3.63) is 53.1 Å². The number of amides is 1. The third kappa shape index (κ3) is 4.79. The molecule has 0 saturated carbocycles. The van der Waals surface area contributed by atoms with Gasteiger partial charge in [-0.1, -0.05) is 11.6 Å². The molecule has 0 bridgehead atoms. The van der Waals surface area contributed by atoms with Crippen molar-refractivity contribution in [3.8, 4) is 17.2 Å². The maximum atomic E-state index is 12.1. The predicted molar refractivity (Wildman–Crippen MR) is 88.8 cm³/mol. The minimum Gasteiger partial charge on any atom is -0.497 e. The third-order valence-corrected chi connectivity index (χ3v) is 3.45. The molecular formula is C17H18ClNO4. The van der Waals surface area contributed by atoms with Gasteiger partial charge in [-0.05, 0) is 42.5 Å². The SMILES string of the molecule is COc1ccc(OCCNC(=O)c2ccc(OC)cc2Cl)cc1. The summed E-state index contributed by atoms with van der Waals surface area (Å²) in [4.78, 5) is 12.1. The fourth-order valence-electron chi connectivity index (χ4n) is 1.91. The summed E-state index contributed by atoms with van der Waals surface area (Å²) in [5.74, 6) is 1.83. The van der Waals surface area contributed by atoms with Crippen LogP contribution in [-0.4, -0.2) is 33.3 Å². The zero-order chi connectivity index (χ0) is 16.7. The van der Waals surface area contributed by atoms with Gasteiger partial charge in [0, 0.05) is 0 Å². The van der Waals surface area contributed by atoms with Gasteiger partial charge in [-0.15, -0.1) is 0 Å². The highest BCUT2D eigenvalue weighted by molar-refractivity contribution is 6.34. The van der Waals surface area contributed by atoms with Crippen LogP contribution < -0.4 is 19.5 Å². The fourth-order valence-corrected chi connectivity index (χ4v) is 2.16. The Bertz CT molecular complexity index is 658. The maximum absolute atomic E-state index is 12.1. The number of halogens is 1.